The molecule has 4 atom stereocenters. The maximum atomic E-state index is 13.3. The normalized spacial score (nSPS) is 28.8. The van der Waals surface area contributed by atoms with Gasteiger partial charge < -0.3 is 10.6 Å². The van der Waals surface area contributed by atoms with E-state index in [-0.39, 0.29) is 6.04 Å². The fourth-order valence-corrected chi connectivity index (χ4v) is 6.04. The maximum absolute atomic E-state index is 13.3. The molecule has 1 unspecified atom stereocenters. The highest BCUT2D eigenvalue weighted by molar-refractivity contribution is 5.63. The molecule has 2 N–H and O–H groups in total. The van der Waals surface area contributed by atoms with Gasteiger partial charge in [-0.05, 0) is 77.2 Å². The SMILES string of the molecule is CC(C)n1nc(-c2cnc(N)c(C(F)(F)F)c2)cc1C1[C@H]2C[C@H](N3CCCN(C)CC3)C[C@@H]12. The Morgan fingerprint density at radius 2 is 1.79 bits per heavy atom. The number of anilines is 1. The molecule has 3 heterocycles. The van der Waals surface area contributed by atoms with Gasteiger partial charge in [-0.15, -0.1) is 0 Å². The summed E-state index contributed by atoms with van der Waals surface area (Å²) in [6.07, 6.45) is 0.492. The summed E-state index contributed by atoms with van der Waals surface area (Å²) in [6, 6.07) is 3.84. The van der Waals surface area contributed by atoms with Gasteiger partial charge in [0.2, 0.25) is 0 Å². The van der Waals surface area contributed by atoms with Crippen molar-refractivity contribution in [3.05, 3.63) is 29.6 Å². The Balaban J connectivity index is 1.35. The van der Waals surface area contributed by atoms with Crippen LogP contribution >= 0.6 is 0 Å². The van der Waals surface area contributed by atoms with E-state index in [0.29, 0.717) is 35.1 Å². The highest BCUT2D eigenvalue weighted by Crippen LogP contribution is 2.64. The molecule has 0 amide bonds. The van der Waals surface area contributed by atoms with Crippen molar-refractivity contribution in [3.63, 3.8) is 0 Å². The third-order valence-corrected chi connectivity index (χ3v) is 7.81. The number of hydrogen-bond donors (Lipinski definition) is 1. The van der Waals surface area contributed by atoms with E-state index in [1.165, 1.54) is 38.5 Å². The van der Waals surface area contributed by atoms with Crippen molar-refractivity contribution < 1.29 is 13.2 Å². The molecule has 0 radical (unpaired) electrons. The van der Waals surface area contributed by atoms with Gasteiger partial charge in [-0.25, -0.2) is 4.98 Å². The van der Waals surface area contributed by atoms with Crippen LogP contribution in [0, 0.1) is 11.8 Å². The number of nitrogen functional groups attached to an aromatic ring is 1. The lowest BCUT2D eigenvalue weighted by molar-refractivity contribution is -0.137. The van der Waals surface area contributed by atoms with Crippen LogP contribution in [-0.4, -0.2) is 63.8 Å². The zero-order valence-corrected chi connectivity index (χ0v) is 19.5. The van der Waals surface area contributed by atoms with Gasteiger partial charge in [-0.3, -0.25) is 9.58 Å². The van der Waals surface area contributed by atoms with E-state index in [9.17, 15) is 13.2 Å². The summed E-state index contributed by atoms with van der Waals surface area (Å²) in [5.41, 5.74) is 6.62. The van der Waals surface area contributed by atoms with E-state index in [1.807, 2.05) is 10.7 Å². The Bertz CT molecular complexity index is 1000. The van der Waals surface area contributed by atoms with Crippen molar-refractivity contribution in [1.29, 1.82) is 0 Å². The first kappa shape index (κ1) is 22.7. The molecule has 3 aliphatic rings. The number of likely N-dealkylation sites (N-methyl/N-ethyl adjacent to an activating group) is 1. The number of hydrogen-bond acceptors (Lipinski definition) is 5. The molecule has 2 aromatic rings. The molecule has 5 rings (SSSR count). The molecule has 3 fully saturated rings. The standard InChI is InChI=1S/C24H33F3N6/c1-14(2)33-21(12-20(30-33)15-9-19(24(25,26)27)23(28)29-13-15)22-17-10-16(11-18(17)22)32-6-4-5-31(3)7-8-32/h9,12-14,16-18,22H,4-8,10-11H2,1-3H3,(H2,28,29)/t16-,17-,18+,22?. The van der Waals surface area contributed by atoms with Gasteiger partial charge in [0.1, 0.15) is 5.82 Å². The van der Waals surface area contributed by atoms with Crippen LogP contribution in [-0.2, 0) is 6.18 Å². The Hall–Kier alpha value is -2.13. The predicted molar refractivity (Wildman–Crippen MR) is 122 cm³/mol. The molecule has 2 aromatic heterocycles. The summed E-state index contributed by atoms with van der Waals surface area (Å²) in [5, 5.41) is 4.70. The Labute approximate surface area is 192 Å². The second-order valence-corrected chi connectivity index (χ2v) is 10.3. The molecular weight excluding hydrogens is 429 g/mol. The molecule has 0 spiro atoms. The summed E-state index contributed by atoms with van der Waals surface area (Å²) >= 11 is 0. The lowest BCUT2D eigenvalue weighted by Gasteiger charge is -2.29. The van der Waals surface area contributed by atoms with E-state index >= 15 is 0 Å². The van der Waals surface area contributed by atoms with Crippen molar-refractivity contribution in [2.24, 2.45) is 11.8 Å². The second kappa shape index (κ2) is 8.27. The fourth-order valence-electron chi connectivity index (χ4n) is 6.04. The zero-order chi connectivity index (χ0) is 23.5. The summed E-state index contributed by atoms with van der Waals surface area (Å²) in [4.78, 5) is 8.89. The maximum Gasteiger partial charge on any atom is 0.419 e. The molecule has 9 heteroatoms. The smallest absolute Gasteiger partial charge is 0.383 e. The lowest BCUT2D eigenvalue weighted by atomic mass is 10.0. The van der Waals surface area contributed by atoms with Crippen LogP contribution in [0.3, 0.4) is 0 Å². The molecule has 0 bridgehead atoms. The monoisotopic (exact) mass is 462 g/mol. The largest absolute Gasteiger partial charge is 0.419 e. The molecule has 33 heavy (non-hydrogen) atoms. The topological polar surface area (TPSA) is 63.2 Å². The van der Waals surface area contributed by atoms with Crippen molar-refractivity contribution in [2.75, 3.05) is 39.0 Å². The fraction of sp³-hybridized carbons (Fsp3) is 0.667. The van der Waals surface area contributed by atoms with E-state index in [2.05, 4.69) is 35.7 Å². The third kappa shape index (κ3) is 4.25. The van der Waals surface area contributed by atoms with Crippen molar-refractivity contribution in [3.8, 4) is 11.3 Å². The first-order valence-electron chi connectivity index (χ1n) is 12.0. The van der Waals surface area contributed by atoms with Crippen LogP contribution in [0.1, 0.15) is 56.3 Å². The van der Waals surface area contributed by atoms with Crippen molar-refractivity contribution in [1.82, 2.24) is 24.6 Å². The number of nitrogens with two attached hydrogens (primary N) is 1. The number of fused-ring (bicyclic) bond motifs is 1. The van der Waals surface area contributed by atoms with Crippen LogP contribution in [0.5, 0.6) is 0 Å². The van der Waals surface area contributed by atoms with E-state index < -0.39 is 17.6 Å². The van der Waals surface area contributed by atoms with Crippen molar-refractivity contribution in [2.45, 2.75) is 57.3 Å². The van der Waals surface area contributed by atoms with Gasteiger partial charge >= 0.3 is 6.18 Å². The summed E-state index contributed by atoms with van der Waals surface area (Å²) in [7, 11) is 2.20. The minimum Gasteiger partial charge on any atom is -0.383 e. The predicted octanol–water partition coefficient (Wildman–Crippen LogP) is 4.26. The first-order valence-corrected chi connectivity index (χ1v) is 12.0. The van der Waals surface area contributed by atoms with Gasteiger partial charge in [0.05, 0.1) is 11.3 Å². The van der Waals surface area contributed by atoms with E-state index in [4.69, 9.17) is 10.8 Å². The zero-order valence-electron chi connectivity index (χ0n) is 19.5. The van der Waals surface area contributed by atoms with Gasteiger partial charge in [0, 0.05) is 48.5 Å². The van der Waals surface area contributed by atoms with Gasteiger partial charge in [0.25, 0.3) is 0 Å². The van der Waals surface area contributed by atoms with Crippen LogP contribution in [0.4, 0.5) is 19.0 Å². The van der Waals surface area contributed by atoms with Crippen LogP contribution < -0.4 is 5.73 Å². The first-order chi connectivity index (χ1) is 15.6. The van der Waals surface area contributed by atoms with Crippen molar-refractivity contribution >= 4 is 5.82 Å². The Morgan fingerprint density at radius 1 is 1.06 bits per heavy atom. The molecule has 6 nitrogen and oxygen atoms in total. The van der Waals surface area contributed by atoms with Gasteiger partial charge in [-0.1, -0.05) is 0 Å². The molecular formula is C24H33F3N6. The highest BCUT2D eigenvalue weighted by Gasteiger charge is 2.58. The quantitative estimate of drug-likeness (QED) is 0.736. The number of aromatic nitrogens is 3. The number of halogens is 3. The second-order valence-electron chi connectivity index (χ2n) is 10.3. The van der Waals surface area contributed by atoms with Gasteiger partial charge in [-0.2, -0.15) is 18.3 Å². The minimum absolute atomic E-state index is 0.135. The lowest BCUT2D eigenvalue weighted by Crippen LogP contribution is -2.37. The third-order valence-electron chi connectivity index (χ3n) is 7.81. The molecule has 0 aromatic carbocycles. The number of alkyl halides is 3. The Kier molecular flexibility index (Phi) is 5.68. The highest BCUT2D eigenvalue weighted by atomic mass is 19.4. The van der Waals surface area contributed by atoms with E-state index in [1.54, 1.807) is 0 Å². The molecule has 2 aliphatic carbocycles. The average molecular weight is 463 g/mol. The number of rotatable bonds is 4. The molecule has 1 saturated heterocycles. The Morgan fingerprint density at radius 3 is 2.45 bits per heavy atom. The number of pyridine rings is 1. The minimum atomic E-state index is -4.54. The molecule has 1 aliphatic heterocycles. The molecule has 2 saturated carbocycles. The summed E-state index contributed by atoms with van der Waals surface area (Å²) in [6.45, 7) is 8.76. The number of nitrogens with zero attached hydrogens (tertiary/aromatic N) is 5. The van der Waals surface area contributed by atoms with E-state index in [0.717, 1.165) is 24.8 Å². The van der Waals surface area contributed by atoms with Gasteiger partial charge in [0.15, 0.2) is 0 Å². The summed E-state index contributed by atoms with van der Waals surface area (Å²) < 4.78 is 42.0. The van der Waals surface area contributed by atoms with Crippen LogP contribution in [0.15, 0.2) is 18.3 Å². The summed E-state index contributed by atoms with van der Waals surface area (Å²) in [5.74, 6) is 1.24. The van der Waals surface area contributed by atoms with Crippen LogP contribution in [0.2, 0.25) is 0 Å². The molecule has 180 valence electrons. The average Bonchev–Trinajstić information content (AvgIpc) is 3.08. The van der Waals surface area contributed by atoms with Crippen LogP contribution in [0.25, 0.3) is 11.3 Å².